The Hall–Kier alpha value is -1.75. The Morgan fingerprint density at radius 1 is 1.26 bits per heavy atom. The van der Waals surface area contributed by atoms with Gasteiger partial charge in [-0.2, -0.15) is 0 Å². The third-order valence-corrected chi connectivity index (χ3v) is 4.09. The highest BCUT2D eigenvalue weighted by Crippen LogP contribution is 2.28. The fraction of sp³-hybridized carbons (Fsp3) is 0.611. The van der Waals surface area contributed by atoms with E-state index in [0.29, 0.717) is 19.7 Å². The van der Waals surface area contributed by atoms with Crippen LogP contribution in [0.15, 0.2) is 24.3 Å². The zero-order chi connectivity index (χ0) is 16.5. The number of ether oxygens (including phenoxy) is 1. The molecule has 0 atom stereocenters. The predicted molar refractivity (Wildman–Crippen MR) is 94.0 cm³/mol. The molecule has 128 valence electrons. The van der Waals surface area contributed by atoms with Crippen molar-refractivity contribution in [3.05, 3.63) is 29.8 Å². The third kappa shape index (κ3) is 6.48. The van der Waals surface area contributed by atoms with Crippen molar-refractivity contribution < 1.29 is 9.53 Å². The first-order chi connectivity index (χ1) is 11.2. The molecular weight excluding hydrogens is 290 g/mol. The molecule has 0 saturated heterocycles. The minimum absolute atomic E-state index is 0.124. The molecule has 2 rings (SSSR count). The number of likely N-dealkylation sites (N-methyl/N-ethyl adjacent to an activating group) is 1. The first kappa shape index (κ1) is 17.6. The number of anilines is 1. The van der Waals surface area contributed by atoms with Crippen LogP contribution in [0.5, 0.6) is 0 Å². The minimum atomic E-state index is -0.124. The number of benzene rings is 1. The molecule has 1 aliphatic carbocycles. The number of hydrogen-bond donors (Lipinski definition) is 2. The lowest BCUT2D eigenvalue weighted by Crippen LogP contribution is -2.41. The summed E-state index contributed by atoms with van der Waals surface area (Å²) < 4.78 is 5.49. The van der Waals surface area contributed by atoms with Crippen LogP contribution in [0.3, 0.4) is 0 Å². The molecule has 0 heterocycles. The Kier molecular flexibility index (Phi) is 7.20. The van der Waals surface area contributed by atoms with Crippen LogP contribution in [0.1, 0.15) is 25.3 Å². The second-order valence-corrected chi connectivity index (χ2v) is 6.07. The summed E-state index contributed by atoms with van der Waals surface area (Å²) in [5.41, 5.74) is 2.48. The Balaban J connectivity index is 1.58. The number of carbonyl (C=O) groups excluding carboxylic acids is 1. The summed E-state index contributed by atoms with van der Waals surface area (Å²) in [4.78, 5) is 14.0. The van der Waals surface area contributed by atoms with Crippen molar-refractivity contribution in [1.29, 1.82) is 0 Å². The number of amides is 2. The molecule has 1 aromatic rings. The van der Waals surface area contributed by atoms with Crippen molar-refractivity contribution >= 4 is 11.7 Å². The zero-order valence-corrected chi connectivity index (χ0v) is 14.3. The van der Waals surface area contributed by atoms with Crippen LogP contribution in [0.25, 0.3) is 0 Å². The molecule has 5 heteroatoms. The molecule has 1 saturated carbocycles. The van der Waals surface area contributed by atoms with Gasteiger partial charge in [0.25, 0.3) is 0 Å². The Bertz CT molecular complexity index is 489. The van der Waals surface area contributed by atoms with E-state index in [1.807, 2.05) is 12.1 Å². The number of nitrogens with one attached hydrogen (secondary N) is 2. The lowest BCUT2D eigenvalue weighted by molar-refractivity contribution is 0.127. The Morgan fingerprint density at radius 3 is 2.70 bits per heavy atom. The maximum atomic E-state index is 11.7. The molecule has 0 aliphatic heterocycles. The van der Waals surface area contributed by atoms with Crippen LogP contribution < -0.4 is 15.5 Å². The van der Waals surface area contributed by atoms with E-state index >= 15 is 0 Å². The van der Waals surface area contributed by atoms with Gasteiger partial charge in [-0.15, -0.1) is 0 Å². The largest absolute Gasteiger partial charge is 0.379 e. The molecule has 23 heavy (non-hydrogen) atoms. The third-order valence-electron chi connectivity index (χ3n) is 4.09. The second kappa shape index (κ2) is 9.40. The highest BCUT2D eigenvalue weighted by atomic mass is 16.5. The Morgan fingerprint density at radius 2 is 2.00 bits per heavy atom. The van der Waals surface area contributed by atoms with Crippen LogP contribution in [0.2, 0.25) is 0 Å². The first-order valence-electron chi connectivity index (χ1n) is 8.60. The van der Waals surface area contributed by atoms with Crippen LogP contribution in [0.4, 0.5) is 10.5 Å². The number of carbonyl (C=O) groups is 1. The zero-order valence-electron chi connectivity index (χ0n) is 14.3. The van der Waals surface area contributed by atoms with Crippen LogP contribution in [0, 0.1) is 12.8 Å². The van der Waals surface area contributed by atoms with Gasteiger partial charge in [0, 0.05) is 38.5 Å². The maximum Gasteiger partial charge on any atom is 0.314 e. The van der Waals surface area contributed by atoms with Crippen molar-refractivity contribution in [1.82, 2.24) is 10.6 Å². The number of nitrogens with zero attached hydrogens (tertiary/aromatic N) is 1. The van der Waals surface area contributed by atoms with Crippen molar-refractivity contribution in [3.63, 3.8) is 0 Å². The van der Waals surface area contributed by atoms with Gasteiger partial charge < -0.3 is 20.3 Å². The summed E-state index contributed by atoms with van der Waals surface area (Å²) in [6.45, 7) is 8.57. The Labute approximate surface area is 139 Å². The standard InChI is InChI=1S/C18H29N3O2/c1-3-21(17-7-5-4-6-15(17)2)12-10-19-18(22)20-11-13-23-14-16-8-9-16/h4-7,16H,3,8-14H2,1-2H3,(H2,19,20,22). The molecular formula is C18H29N3O2. The summed E-state index contributed by atoms with van der Waals surface area (Å²) in [5, 5.41) is 5.73. The summed E-state index contributed by atoms with van der Waals surface area (Å²) in [6.07, 6.45) is 2.59. The number of urea groups is 1. The smallest absolute Gasteiger partial charge is 0.314 e. The lowest BCUT2D eigenvalue weighted by atomic mass is 10.2. The predicted octanol–water partition coefficient (Wildman–Crippen LogP) is 2.55. The van der Waals surface area contributed by atoms with Gasteiger partial charge in [-0.3, -0.25) is 0 Å². The van der Waals surface area contributed by atoms with Crippen molar-refractivity contribution in [2.75, 3.05) is 44.3 Å². The van der Waals surface area contributed by atoms with E-state index in [-0.39, 0.29) is 6.03 Å². The van der Waals surface area contributed by atoms with Crippen LogP contribution >= 0.6 is 0 Å². The molecule has 0 radical (unpaired) electrons. The average Bonchev–Trinajstić information content (AvgIpc) is 3.36. The van der Waals surface area contributed by atoms with Gasteiger partial charge in [-0.1, -0.05) is 18.2 Å². The highest BCUT2D eigenvalue weighted by molar-refractivity contribution is 5.73. The summed E-state index contributed by atoms with van der Waals surface area (Å²) >= 11 is 0. The average molecular weight is 319 g/mol. The van der Waals surface area contributed by atoms with Gasteiger partial charge in [0.05, 0.1) is 6.61 Å². The molecule has 1 aliphatic rings. The van der Waals surface area contributed by atoms with E-state index in [1.165, 1.54) is 24.1 Å². The lowest BCUT2D eigenvalue weighted by Gasteiger charge is -2.25. The van der Waals surface area contributed by atoms with E-state index < -0.39 is 0 Å². The fourth-order valence-electron chi connectivity index (χ4n) is 2.51. The number of rotatable bonds is 10. The SMILES string of the molecule is CCN(CCNC(=O)NCCOCC1CC1)c1ccccc1C. The molecule has 2 amide bonds. The summed E-state index contributed by atoms with van der Waals surface area (Å²) in [6, 6.07) is 8.20. The van der Waals surface area contributed by atoms with Crippen molar-refractivity contribution in [2.45, 2.75) is 26.7 Å². The van der Waals surface area contributed by atoms with Crippen molar-refractivity contribution in [2.24, 2.45) is 5.92 Å². The molecule has 1 fully saturated rings. The second-order valence-electron chi connectivity index (χ2n) is 6.07. The first-order valence-corrected chi connectivity index (χ1v) is 8.60. The molecule has 2 N–H and O–H groups in total. The van der Waals surface area contributed by atoms with E-state index in [2.05, 4.69) is 41.5 Å². The molecule has 0 spiro atoms. The summed E-state index contributed by atoms with van der Waals surface area (Å²) in [7, 11) is 0. The van der Waals surface area contributed by atoms with Gasteiger partial charge in [0.15, 0.2) is 0 Å². The number of para-hydroxylation sites is 1. The summed E-state index contributed by atoms with van der Waals surface area (Å²) in [5.74, 6) is 0.769. The van der Waals surface area contributed by atoms with Crippen molar-refractivity contribution in [3.8, 4) is 0 Å². The molecule has 0 bridgehead atoms. The normalized spacial score (nSPS) is 13.7. The fourth-order valence-corrected chi connectivity index (χ4v) is 2.51. The van der Waals surface area contributed by atoms with E-state index in [1.54, 1.807) is 0 Å². The minimum Gasteiger partial charge on any atom is -0.379 e. The van der Waals surface area contributed by atoms with Crippen LogP contribution in [-0.2, 0) is 4.74 Å². The van der Waals surface area contributed by atoms with E-state index in [0.717, 1.165) is 25.6 Å². The molecule has 0 unspecified atom stereocenters. The number of hydrogen-bond acceptors (Lipinski definition) is 3. The van der Waals surface area contributed by atoms with Gasteiger partial charge in [0.2, 0.25) is 0 Å². The monoisotopic (exact) mass is 319 g/mol. The van der Waals surface area contributed by atoms with Gasteiger partial charge in [-0.25, -0.2) is 4.79 Å². The quantitative estimate of drug-likeness (QED) is 0.652. The van der Waals surface area contributed by atoms with Gasteiger partial charge >= 0.3 is 6.03 Å². The molecule has 1 aromatic carbocycles. The number of aryl methyl sites for hydroxylation is 1. The highest BCUT2D eigenvalue weighted by Gasteiger charge is 2.20. The van der Waals surface area contributed by atoms with E-state index in [4.69, 9.17) is 4.74 Å². The van der Waals surface area contributed by atoms with Crippen LogP contribution in [-0.4, -0.2) is 45.4 Å². The van der Waals surface area contributed by atoms with E-state index in [9.17, 15) is 4.79 Å². The molecule has 5 nitrogen and oxygen atoms in total. The molecule has 0 aromatic heterocycles. The van der Waals surface area contributed by atoms with Gasteiger partial charge in [-0.05, 0) is 44.2 Å². The van der Waals surface area contributed by atoms with Gasteiger partial charge in [0.1, 0.15) is 0 Å². The topological polar surface area (TPSA) is 53.6 Å². The maximum absolute atomic E-state index is 11.7.